The van der Waals surface area contributed by atoms with Crippen LogP contribution in [0.15, 0.2) is 60.9 Å². The molecule has 1 amide bonds. The molecular weight excluding hydrogens is 358 g/mol. The minimum Gasteiger partial charge on any atom is -0.497 e. The van der Waals surface area contributed by atoms with E-state index in [9.17, 15) is 4.79 Å². The van der Waals surface area contributed by atoms with Gasteiger partial charge < -0.3 is 9.47 Å². The van der Waals surface area contributed by atoms with Crippen LogP contribution in [0.2, 0.25) is 0 Å². The Hall–Kier alpha value is -3.45. The number of nitrogens with one attached hydrogen (secondary N) is 1. The first-order valence-electron chi connectivity index (χ1n) is 9.61. The van der Waals surface area contributed by atoms with Crippen LogP contribution in [-0.2, 0) is 11.4 Å². The van der Waals surface area contributed by atoms with Crippen molar-refractivity contribution in [1.29, 1.82) is 0 Å². The molecule has 1 heterocycles. The fraction of sp³-hybridized carbons (Fsp3) is 0.190. The Morgan fingerprint density at radius 1 is 1.14 bits per heavy atom. The molecule has 7 nitrogen and oxygen atoms in total. The van der Waals surface area contributed by atoms with Crippen LogP contribution >= 0.6 is 0 Å². The maximum Gasteiger partial charge on any atom is 0.295 e. The van der Waals surface area contributed by atoms with Crippen molar-refractivity contribution in [3.63, 3.8) is 0 Å². The smallest absolute Gasteiger partial charge is 0.295 e. The van der Waals surface area contributed by atoms with E-state index in [1.807, 2.05) is 19.1 Å². The maximum absolute atomic E-state index is 12.4. The van der Waals surface area contributed by atoms with E-state index < -0.39 is 12.5 Å². The second kappa shape index (κ2) is 9.48. The van der Waals surface area contributed by atoms with Crippen LogP contribution in [0, 0.1) is 0 Å². The van der Waals surface area contributed by atoms with Crippen molar-refractivity contribution in [3.05, 3.63) is 72.2 Å². The summed E-state index contributed by atoms with van der Waals surface area (Å²) < 4.78 is 26.6. The van der Waals surface area contributed by atoms with Gasteiger partial charge in [0.25, 0.3) is 5.91 Å². The number of hydrogen-bond donors (Lipinski definition) is 1. The van der Waals surface area contributed by atoms with Crippen molar-refractivity contribution in [2.24, 2.45) is 0 Å². The molecule has 7 heteroatoms. The van der Waals surface area contributed by atoms with Crippen LogP contribution in [0.3, 0.4) is 0 Å². The number of methoxy groups -OCH3 is 1. The lowest BCUT2D eigenvalue weighted by atomic mass is 10.1. The van der Waals surface area contributed by atoms with E-state index in [4.69, 9.17) is 17.1 Å². The third kappa shape index (κ3) is 5.05. The van der Waals surface area contributed by atoms with Crippen molar-refractivity contribution in [2.75, 3.05) is 13.7 Å². The van der Waals surface area contributed by atoms with Gasteiger partial charge in [-0.2, -0.15) is 0 Å². The monoisotopic (exact) mass is 381 g/mol. The van der Waals surface area contributed by atoms with Crippen LogP contribution in [0.5, 0.6) is 11.5 Å². The van der Waals surface area contributed by atoms with Crippen molar-refractivity contribution < 1.29 is 21.8 Å². The second-order valence-corrected chi connectivity index (χ2v) is 5.61. The highest BCUT2D eigenvalue weighted by molar-refractivity contribution is 5.91. The average Bonchev–Trinajstić information content (AvgIpc) is 2.78. The van der Waals surface area contributed by atoms with Gasteiger partial charge in [-0.3, -0.25) is 14.6 Å². The maximum atomic E-state index is 12.4. The van der Waals surface area contributed by atoms with E-state index in [1.54, 1.807) is 24.3 Å². The standard InChI is InChI=1S/C21H21N3O4/c1-3-27-17-9-7-16(8-10-17)19-12-22-13-20(23-19)21(25)24-28-14-15-5-4-6-18(11-15)26-2/h4-13H,3,14H2,1-2H3,(H,24,25)/i14D2. The predicted molar refractivity (Wildman–Crippen MR) is 104 cm³/mol. The first kappa shape index (κ1) is 16.7. The average molecular weight is 381 g/mol. The molecule has 0 saturated heterocycles. The van der Waals surface area contributed by atoms with Gasteiger partial charge in [0.1, 0.15) is 17.2 Å². The molecule has 0 unspecified atom stereocenters. The third-order valence-electron chi connectivity index (χ3n) is 3.71. The van der Waals surface area contributed by atoms with Crippen LogP contribution in [-0.4, -0.2) is 29.6 Å². The van der Waals surface area contributed by atoms with Gasteiger partial charge in [0.2, 0.25) is 0 Å². The highest BCUT2D eigenvalue weighted by atomic mass is 16.6. The minimum absolute atomic E-state index is 0.0113. The number of carbonyl (C=O) groups is 1. The number of nitrogens with zero attached hydrogens (tertiary/aromatic N) is 2. The zero-order valence-corrected chi connectivity index (χ0v) is 15.5. The molecule has 2 aromatic carbocycles. The molecule has 144 valence electrons. The molecule has 1 N–H and O–H groups in total. The van der Waals surface area contributed by atoms with Crippen molar-refractivity contribution >= 4 is 5.91 Å². The van der Waals surface area contributed by atoms with E-state index in [0.29, 0.717) is 18.1 Å². The number of hydrogen-bond acceptors (Lipinski definition) is 6. The van der Waals surface area contributed by atoms with Gasteiger partial charge in [-0.05, 0) is 48.9 Å². The molecule has 0 aliphatic carbocycles. The lowest BCUT2D eigenvalue weighted by molar-refractivity contribution is 0.0228. The number of rotatable bonds is 8. The molecule has 3 rings (SSSR count). The summed E-state index contributed by atoms with van der Waals surface area (Å²) in [4.78, 5) is 25.8. The summed E-state index contributed by atoms with van der Waals surface area (Å²) >= 11 is 0. The number of ether oxygens (including phenoxy) is 2. The number of amides is 1. The fourth-order valence-corrected chi connectivity index (χ4v) is 2.37. The highest BCUT2D eigenvalue weighted by Crippen LogP contribution is 2.20. The van der Waals surface area contributed by atoms with Crippen LogP contribution in [0.25, 0.3) is 11.3 Å². The molecule has 0 aliphatic rings. The van der Waals surface area contributed by atoms with Crippen LogP contribution in [0.1, 0.15) is 25.7 Å². The Morgan fingerprint density at radius 2 is 1.96 bits per heavy atom. The van der Waals surface area contributed by atoms with Crippen molar-refractivity contribution in [2.45, 2.75) is 13.5 Å². The lowest BCUT2D eigenvalue weighted by Gasteiger charge is -2.08. The van der Waals surface area contributed by atoms with Gasteiger partial charge in [0.05, 0.1) is 41.1 Å². The lowest BCUT2D eigenvalue weighted by Crippen LogP contribution is -2.24. The summed E-state index contributed by atoms with van der Waals surface area (Å²) in [7, 11) is 1.48. The van der Waals surface area contributed by atoms with Gasteiger partial charge in [0, 0.05) is 5.56 Å². The van der Waals surface area contributed by atoms with E-state index in [2.05, 4.69) is 15.4 Å². The predicted octanol–water partition coefficient (Wildman–Crippen LogP) is 3.41. The van der Waals surface area contributed by atoms with Gasteiger partial charge in [-0.1, -0.05) is 12.1 Å². The fourth-order valence-electron chi connectivity index (χ4n) is 2.37. The molecular formula is C21H21N3O4. The Balaban J connectivity index is 1.70. The van der Waals surface area contributed by atoms with E-state index in [1.165, 1.54) is 31.6 Å². The SMILES string of the molecule is [2H]C([2H])(ONC(=O)c1cncc(-c2ccc(OCC)cc2)n1)c1cccc(OC)c1. The molecule has 0 fully saturated rings. The molecule has 3 aromatic rings. The molecule has 0 bridgehead atoms. The van der Waals surface area contributed by atoms with E-state index >= 15 is 0 Å². The summed E-state index contributed by atoms with van der Waals surface area (Å²) in [6.07, 6.45) is 2.81. The summed E-state index contributed by atoms with van der Waals surface area (Å²) in [5.74, 6) is 0.485. The number of aromatic nitrogens is 2. The van der Waals surface area contributed by atoms with Crippen molar-refractivity contribution in [1.82, 2.24) is 15.4 Å². The minimum atomic E-state index is -2.27. The molecule has 0 saturated carbocycles. The van der Waals surface area contributed by atoms with Gasteiger partial charge in [-0.15, -0.1) is 0 Å². The molecule has 0 atom stereocenters. The normalized spacial score (nSPS) is 11.9. The first-order chi connectivity index (χ1) is 14.4. The Morgan fingerprint density at radius 3 is 2.71 bits per heavy atom. The molecule has 1 aromatic heterocycles. The summed E-state index contributed by atoms with van der Waals surface area (Å²) in [5.41, 5.74) is 3.53. The zero-order chi connectivity index (χ0) is 21.6. The third-order valence-corrected chi connectivity index (χ3v) is 3.71. The second-order valence-electron chi connectivity index (χ2n) is 5.61. The van der Waals surface area contributed by atoms with Gasteiger partial charge >= 0.3 is 0 Å². The number of carbonyl (C=O) groups excluding carboxylic acids is 1. The quantitative estimate of drug-likeness (QED) is 0.602. The van der Waals surface area contributed by atoms with Crippen LogP contribution < -0.4 is 15.0 Å². The van der Waals surface area contributed by atoms with Crippen molar-refractivity contribution in [3.8, 4) is 22.8 Å². The first-order valence-corrected chi connectivity index (χ1v) is 8.61. The largest absolute Gasteiger partial charge is 0.497 e. The zero-order valence-electron chi connectivity index (χ0n) is 17.5. The Bertz CT molecular complexity index is 1010. The molecule has 0 radical (unpaired) electrons. The topological polar surface area (TPSA) is 82.6 Å². The van der Waals surface area contributed by atoms with Gasteiger partial charge in [-0.25, -0.2) is 10.5 Å². The van der Waals surface area contributed by atoms with Gasteiger partial charge in [0.15, 0.2) is 0 Å². The summed E-state index contributed by atoms with van der Waals surface area (Å²) in [6.45, 7) is 0.197. The van der Waals surface area contributed by atoms with E-state index in [-0.39, 0.29) is 11.3 Å². The number of benzene rings is 2. The molecule has 0 aliphatic heterocycles. The van der Waals surface area contributed by atoms with Crippen LogP contribution in [0.4, 0.5) is 0 Å². The highest BCUT2D eigenvalue weighted by Gasteiger charge is 2.10. The molecule has 28 heavy (non-hydrogen) atoms. The van der Waals surface area contributed by atoms with E-state index in [0.717, 1.165) is 11.3 Å². The molecule has 0 spiro atoms. The summed E-state index contributed by atoms with van der Waals surface area (Å²) in [6, 6.07) is 13.6. The Labute approximate surface area is 166 Å². The number of hydroxylamine groups is 1. The summed E-state index contributed by atoms with van der Waals surface area (Å²) in [5, 5.41) is 0. The Kier molecular flexibility index (Phi) is 5.65.